The van der Waals surface area contributed by atoms with Crippen molar-refractivity contribution in [3.05, 3.63) is 79.9 Å². The molecule has 0 atom stereocenters. The van der Waals surface area contributed by atoms with Gasteiger partial charge in [-0.05, 0) is 30.3 Å². The summed E-state index contributed by atoms with van der Waals surface area (Å²) in [6.07, 6.45) is 1.42. The fourth-order valence-corrected chi connectivity index (χ4v) is 3.70. The van der Waals surface area contributed by atoms with Crippen LogP contribution in [0.15, 0.2) is 59.2 Å². The number of ether oxygens (including phenoxy) is 3. The van der Waals surface area contributed by atoms with Crippen molar-refractivity contribution < 1.29 is 23.9 Å². The number of carbonyl (C=O) groups is 1. The third-order valence-electron chi connectivity index (χ3n) is 4.05. The van der Waals surface area contributed by atoms with E-state index in [1.54, 1.807) is 12.1 Å². The molecule has 0 spiro atoms. The van der Waals surface area contributed by atoms with E-state index in [-0.39, 0.29) is 33.7 Å². The Kier molecular flexibility index (Phi) is 5.65. The summed E-state index contributed by atoms with van der Waals surface area (Å²) >= 11 is 7.29. The number of hydrogen-bond donors (Lipinski definition) is 0. The molecule has 11 heteroatoms. The number of methoxy groups -OCH3 is 1. The van der Waals surface area contributed by atoms with Crippen LogP contribution in [0.25, 0.3) is 6.08 Å². The van der Waals surface area contributed by atoms with Crippen molar-refractivity contribution in [1.82, 2.24) is 4.98 Å². The number of rotatable bonds is 6. The highest BCUT2D eigenvalue weighted by Crippen LogP contribution is 2.35. The number of hydrogen-bond acceptors (Lipinski definition) is 9. The quantitative estimate of drug-likeness (QED) is 0.225. The van der Waals surface area contributed by atoms with Gasteiger partial charge >= 0.3 is 11.7 Å². The lowest BCUT2D eigenvalue weighted by atomic mass is 10.2. The van der Waals surface area contributed by atoms with Gasteiger partial charge in [0.05, 0.1) is 16.9 Å². The van der Waals surface area contributed by atoms with E-state index in [0.717, 1.165) is 11.3 Å². The van der Waals surface area contributed by atoms with E-state index in [1.807, 2.05) is 18.2 Å². The maximum atomic E-state index is 12.3. The zero-order valence-corrected chi connectivity index (χ0v) is 17.3. The standard InChI is InChI=1S/C20H12ClN3O6S/c1-28-15-8-7-11(9-14(15)24(26)27)18-22-13(19(25)30-18)10-16-17(21)23-20(31-16)29-12-5-3-2-4-6-12/h2-10H,1H3/b13-10+. The lowest BCUT2D eigenvalue weighted by Crippen LogP contribution is -2.06. The summed E-state index contributed by atoms with van der Waals surface area (Å²) < 4.78 is 15.8. The van der Waals surface area contributed by atoms with Crippen LogP contribution in [-0.2, 0) is 9.53 Å². The zero-order chi connectivity index (χ0) is 22.0. The molecule has 0 bridgehead atoms. The van der Waals surface area contributed by atoms with Gasteiger partial charge < -0.3 is 14.2 Å². The summed E-state index contributed by atoms with van der Waals surface area (Å²) in [4.78, 5) is 31.6. The second kappa shape index (κ2) is 8.54. The highest BCUT2D eigenvalue weighted by Gasteiger charge is 2.27. The fourth-order valence-electron chi connectivity index (χ4n) is 2.64. The minimum absolute atomic E-state index is 0.0229. The van der Waals surface area contributed by atoms with E-state index in [9.17, 15) is 14.9 Å². The van der Waals surface area contributed by atoms with Crippen molar-refractivity contribution in [1.29, 1.82) is 0 Å². The highest BCUT2D eigenvalue weighted by atomic mass is 35.5. The minimum atomic E-state index is -0.719. The average molecular weight is 458 g/mol. The molecule has 9 nitrogen and oxygen atoms in total. The summed E-state index contributed by atoms with van der Waals surface area (Å²) in [6.45, 7) is 0. The smallest absolute Gasteiger partial charge is 0.363 e. The second-order valence-electron chi connectivity index (χ2n) is 6.03. The number of nitro groups is 1. The van der Waals surface area contributed by atoms with Crippen molar-refractivity contribution in [2.45, 2.75) is 0 Å². The normalized spacial score (nSPS) is 14.3. The van der Waals surface area contributed by atoms with Crippen LogP contribution in [0, 0.1) is 10.1 Å². The number of para-hydroxylation sites is 1. The molecule has 0 aliphatic carbocycles. The number of halogens is 1. The summed E-state index contributed by atoms with van der Waals surface area (Å²) in [5.74, 6) is -0.113. The molecular weight excluding hydrogens is 446 g/mol. The molecule has 1 aliphatic heterocycles. The molecule has 2 heterocycles. The Labute approximate surface area is 184 Å². The molecule has 2 aromatic carbocycles. The first-order valence-electron chi connectivity index (χ1n) is 8.69. The SMILES string of the molecule is COc1ccc(C2=N/C(=C/c3sc(Oc4ccccc4)nc3Cl)C(=O)O2)cc1[N+](=O)[O-]. The number of carbonyl (C=O) groups excluding carboxylic acids is 1. The third kappa shape index (κ3) is 4.39. The van der Waals surface area contributed by atoms with E-state index < -0.39 is 10.9 Å². The number of aliphatic imine (C=N–C) groups is 1. The lowest BCUT2D eigenvalue weighted by Gasteiger charge is -2.03. The van der Waals surface area contributed by atoms with Crippen LogP contribution >= 0.6 is 22.9 Å². The molecule has 3 aromatic rings. The molecule has 0 saturated carbocycles. The Bertz CT molecular complexity index is 1240. The number of nitrogens with zero attached hydrogens (tertiary/aromatic N) is 3. The number of aromatic nitrogens is 1. The monoisotopic (exact) mass is 457 g/mol. The second-order valence-corrected chi connectivity index (χ2v) is 7.38. The Morgan fingerprint density at radius 3 is 2.71 bits per heavy atom. The summed E-state index contributed by atoms with van der Waals surface area (Å²) in [7, 11) is 1.32. The van der Waals surface area contributed by atoms with Crippen LogP contribution in [0.3, 0.4) is 0 Å². The van der Waals surface area contributed by atoms with Gasteiger partial charge in [0.15, 0.2) is 16.6 Å². The number of nitro benzene ring substituents is 1. The van der Waals surface area contributed by atoms with Crippen molar-refractivity contribution in [3.8, 4) is 16.7 Å². The number of benzene rings is 2. The van der Waals surface area contributed by atoms with Gasteiger partial charge in [0.2, 0.25) is 5.90 Å². The van der Waals surface area contributed by atoms with Gasteiger partial charge in [0, 0.05) is 11.6 Å². The van der Waals surface area contributed by atoms with Gasteiger partial charge in [-0.1, -0.05) is 41.1 Å². The molecule has 0 fully saturated rings. The van der Waals surface area contributed by atoms with Crippen molar-refractivity contribution in [2.75, 3.05) is 7.11 Å². The van der Waals surface area contributed by atoms with Crippen LogP contribution in [-0.4, -0.2) is 28.9 Å². The van der Waals surface area contributed by atoms with Crippen molar-refractivity contribution in [2.24, 2.45) is 4.99 Å². The Hall–Kier alpha value is -3.76. The van der Waals surface area contributed by atoms with E-state index >= 15 is 0 Å². The van der Waals surface area contributed by atoms with Gasteiger partial charge in [0.1, 0.15) is 5.75 Å². The molecule has 0 saturated heterocycles. The summed E-state index contributed by atoms with van der Waals surface area (Å²) in [5, 5.41) is 11.7. The Morgan fingerprint density at radius 2 is 2.00 bits per heavy atom. The van der Waals surface area contributed by atoms with Crippen LogP contribution in [0.1, 0.15) is 10.4 Å². The molecular formula is C20H12ClN3O6S. The molecule has 0 amide bonds. The molecule has 0 unspecified atom stereocenters. The van der Waals surface area contributed by atoms with Gasteiger partial charge in [-0.2, -0.15) is 4.98 Å². The van der Waals surface area contributed by atoms with Crippen molar-refractivity contribution >= 4 is 46.6 Å². The Morgan fingerprint density at radius 1 is 1.23 bits per heavy atom. The van der Waals surface area contributed by atoms with E-state index in [0.29, 0.717) is 15.8 Å². The van der Waals surface area contributed by atoms with E-state index in [2.05, 4.69) is 9.98 Å². The number of thiazole rings is 1. The van der Waals surface area contributed by atoms with Gasteiger partial charge in [-0.3, -0.25) is 10.1 Å². The minimum Gasteiger partial charge on any atom is -0.490 e. The number of esters is 1. The van der Waals surface area contributed by atoms with Gasteiger partial charge in [-0.25, -0.2) is 9.79 Å². The number of cyclic esters (lactones) is 1. The van der Waals surface area contributed by atoms with Crippen LogP contribution in [0.2, 0.25) is 5.15 Å². The Balaban J connectivity index is 1.62. The predicted molar refractivity (Wildman–Crippen MR) is 114 cm³/mol. The molecule has 1 aromatic heterocycles. The zero-order valence-electron chi connectivity index (χ0n) is 15.8. The third-order valence-corrected chi connectivity index (χ3v) is 5.33. The van der Waals surface area contributed by atoms with E-state index in [4.69, 9.17) is 25.8 Å². The van der Waals surface area contributed by atoms with Crippen LogP contribution in [0.5, 0.6) is 16.7 Å². The predicted octanol–water partition coefficient (Wildman–Crippen LogP) is 4.85. The van der Waals surface area contributed by atoms with Crippen molar-refractivity contribution in [3.63, 3.8) is 0 Å². The summed E-state index contributed by atoms with van der Waals surface area (Å²) in [6, 6.07) is 13.2. The topological polar surface area (TPSA) is 113 Å². The van der Waals surface area contributed by atoms with Gasteiger partial charge in [-0.15, -0.1) is 0 Å². The first kappa shape index (κ1) is 20.5. The molecule has 31 heavy (non-hydrogen) atoms. The average Bonchev–Trinajstić information content (AvgIpc) is 3.30. The maximum Gasteiger partial charge on any atom is 0.363 e. The lowest BCUT2D eigenvalue weighted by molar-refractivity contribution is -0.385. The maximum absolute atomic E-state index is 12.3. The fraction of sp³-hybridized carbons (Fsp3) is 0.0500. The molecule has 4 rings (SSSR count). The molecule has 156 valence electrons. The first-order valence-corrected chi connectivity index (χ1v) is 9.88. The largest absolute Gasteiger partial charge is 0.490 e. The molecule has 0 radical (unpaired) electrons. The molecule has 1 aliphatic rings. The first-order chi connectivity index (χ1) is 14.9. The van der Waals surface area contributed by atoms with E-state index in [1.165, 1.54) is 31.4 Å². The van der Waals surface area contributed by atoms with Gasteiger partial charge in [0.25, 0.3) is 5.19 Å². The van der Waals surface area contributed by atoms with Crippen LogP contribution in [0.4, 0.5) is 5.69 Å². The highest BCUT2D eigenvalue weighted by molar-refractivity contribution is 7.14. The summed E-state index contributed by atoms with van der Waals surface area (Å²) in [5.41, 5.74) is -0.0394. The molecule has 0 N–H and O–H groups in total. The van der Waals surface area contributed by atoms with Crippen LogP contribution < -0.4 is 9.47 Å².